The van der Waals surface area contributed by atoms with Crippen LogP contribution in [-0.2, 0) is 29.2 Å². The van der Waals surface area contributed by atoms with Crippen LogP contribution in [0.2, 0.25) is 0 Å². The minimum atomic E-state index is -0.280. The molecule has 7 nitrogen and oxygen atoms in total. The van der Waals surface area contributed by atoms with Gasteiger partial charge in [-0.2, -0.15) is 0 Å². The number of ether oxygens (including phenoxy) is 1. The SMILES string of the molecule is CC(C(=O)Nc1nc2c(s1)CCCC2C(=O)NCC1CCN(Cc2ccccc2OCc2ccccc2)C1)c1ccccc1. The number of carbonyl (C=O) groups excluding carboxylic acids is 2. The Bertz CT molecular complexity index is 1560. The number of aromatic nitrogens is 1. The van der Waals surface area contributed by atoms with Crippen LogP contribution >= 0.6 is 11.3 Å². The van der Waals surface area contributed by atoms with Crippen molar-refractivity contribution in [2.75, 3.05) is 25.0 Å². The van der Waals surface area contributed by atoms with E-state index in [1.165, 1.54) is 16.9 Å². The van der Waals surface area contributed by atoms with Crippen LogP contribution in [0.15, 0.2) is 84.9 Å². The number of aryl methyl sites for hydroxylation is 1. The fourth-order valence-corrected chi connectivity index (χ4v) is 7.24. The molecule has 1 fully saturated rings. The molecule has 228 valence electrons. The Morgan fingerprint density at radius 3 is 2.57 bits per heavy atom. The van der Waals surface area contributed by atoms with Crippen molar-refractivity contribution in [3.05, 3.63) is 112 Å². The van der Waals surface area contributed by atoms with Crippen molar-refractivity contribution in [3.63, 3.8) is 0 Å². The van der Waals surface area contributed by atoms with Gasteiger partial charge in [-0.3, -0.25) is 14.5 Å². The molecule has 2 aliphatic rings. The average molecular weight is 609 g/mol. The highest BCUT2D eigenvalue weighted by Crippen LogP contribution is 2.37. The maximum Gasteiger partial charge on any atom is 0.233 e. The molecule has 0 spiro atoms. The van der Waals surface area contributed by atoms with Crippen molar-refractivity contribution < 1.29 is 14.3 Å². The molecule has 6 rings (SSSR count). The van der Waals surface area contributed by atoms with Gasteiger partial charge in [0.25, 0.3) is 0 Å². The summed E-state index contributed by atoms with van der Waals surface area (Å²) in [4.78, 5) is 34.6. The second kappa shape index (κ2) is 14.2. The lowest BCUT2D eigenvalue weighted by atomic mass is 9.90. The average Bonchev–Trinajstić information content (AvgIpc) is 3.70. The molecule has 2 amide bonds. The second-order valence-electron chi connectivity index (χ2n) is 11.9. The molecule has 4 aromatic rings. The molecule has 1 aliphatic carbocycles. The molecule has 2 heterocycles. The monoisotopic (exact) mass is 608 g/mol. The first kappa shape index (κ1) is 30.0. The Balaban J connectivity index is 0.999. The lowest BCUT2D eigenvalue weighted by Crippen LogP contribution is -2.35. The van der Waals surface area contributed by atoms with Crippen LogP contribution in [0.5, 0.6) is 5.75 Å². The van der Waals surface area contributed by atoms with Gasteiger partial charge in [0, 0.05) is 30.1 Å². The summed E-state index contributed by atoms with van der Waals surface area (Å²) in [6, 6.07) is 28.3. The Morgan fingerprint density at radius 2 is 1.75 bits per heavy atom. The first-order valence-electron chi connectivity index (χ1n) is 15.6. The third kappa shape index (κ3) is 7.37. The molecule has 0 radical (unpaired) electrons. The maximum absolute atomic E-state index is 13.4. The van der Waals surface area contributed by atoms with Gasteiger partial charge in [-0.15, -0.1) is 11.3 Å². The normalized spacial score (nSPS) is 18.8. The number of thiazole rings is 1. The van der Waals surface area contributed by atoms with Gasteiger partial charge in [0.1, 0.15) is 12.4 Å². The van der Waals surface area contributed by atoms with Crippen LogP contribution in [-0.4, -0.2) is 41.3 Å². The van der Waals surface area contributed by atoms with Crippen molar-refractivity contribution in [3.8, 4) is 5.75 Å². The number of rotatable bonds is 11. The van der Waals surface area contributed by atoms with Crippen LogP contribution in [0.1, 0.15) is 65.3 Å². The minimum absolute atomic E-state index is 0.0462. The number of hydrogen-bond donors (Lipinski definition) is 2. The summed E-state index contributed by atoms with van der Waals surface area (Å²) in [6.07, 6.45) is 3.68. The quantitative estimate of drug-likeness (QED) is 0.203. The van der Waals surface area contributed by atoms with E-state index >= 15 is 0 Å². The van der Waals surface area contributed by atoms with Gasteiger partial charge in [0.05, 0.1) is 17.5 Å². The molecule has 44 heavy (non-hydrogen) atoms. The summed E-state index contributed by atoms with van der Waals surface area (Å²) in [6.45, 7) is 5.88. The van der Waals surface area contributed by atoms with Crippen molar-refractivity contribution in [1.82, 2.24) is 15.2 Å². The number of fused-ring (bicyclic) bond motifs is 1. The van der Waals surface area contributed by atoms with Crippen LogP contribution in [0, 0.1) is 5.92 Å². The minimum Gasteiger partial charge on any atom is -0.489 e. The number of benzene rings is 3. The van der Waals surface area contributed by atoms with Crippen LogP contribution in [0.25, 0.3) is 0 Å². The van der Waals surface area contributed by atoms with E-state index in [1.54, 1.807) is 0 Å². The number of amides is 2. The molecule has 0 bridgehead atoms. The Hall–Kier alpha value is -4.01. The number of nitrogens with zero attached hydrogens (tertiary/aromatic N) is 2. The molecule has 1 aromatic heterocycles. The zero-order valence-electron chi connectivity index (χ0n) is 25.2. The Labute approximate surface area is 263 Å². The van der Waals surface area contributed by atoms with Crippen LogP contribution in [0.4, 0.5) is 5.13 Å². The summed E-state index contributed by atoms with van der Waals surface area (Å²) in [7, 11) is 0. The highest BCUT2D eigenvalue weighted by atomic mass is 32.1. The third-order valence-electron chi connectivity index (χ3n) is 8.73. The number of carbonyl (C=O) groups is 2. The molecule has 1 saturated heterocycles. The first-order valence-corrected chi connectivity index (χ1v) is 16.4. The van der Waals surface area contributed by atoms with E-state index in [4.69, 9.17) is 9.72 Å². The lowest BCUT2D eigenvalue weighted by molar-refractivity contribution is -0.123. The summed E-state index contributed by atoms with van der Waals surface area (Å²) >= 11 is 1.51. The van der Waals surface area contributed by atoms with Gasteiger partial charge < -0.3 is 15.4 Å². The van der Waals surface area contributed by atoms with Crippen molar-refractivity contribution in [2.45, 2.75) is 57.6 Å². The number of para-hydroxylation sites is 1. The highest BCUT2D eigenvalue weighted by molar-refractivity contribution is 7.15. The van der Waals surface area contributed by atoms with E-state index in [9.17, 15) is 9.59 Å². The smallest absolute Gasteiger partial charge is 0.233 e. The van der Waals surface area contributed by atoms with E-state index in [2.05, 4.69) is 39.8 Å². The van der Waals surface area contributed by atoms with Gasteiger partial charge in [0.2, 0.25) is 11.8 Å². The molecule has 1 aliphatic heterocycles. The lowest BCUT2D eigenvalue weighted by Gasteiger charge is -2.22. The van der Waals surface area contributed by atoms with Gasteiger partial charge >= 0.3 is 0 Å². The van der Waals surface area contributed by atoms with E-state index in [-0.39, 0.29) is 23.7 Å². The molecule has 3 atom stereocenters. The van der Waals surface area contributed by atoms with E-state index < -0.39 is 0 Å². The largest absolute Gasteiger partial charge is 0.489 e. The predicted molar refractivity (Wildman–Crippen MR) is 175 cm³/mol. The van der Waals surface area contributed by atoms with Gasteiger partial charge in [-0.05, 0) is 62.3 Å². The fourth-order valence-electron chi connectivity index (χ4n) is 6.18. The predicted octanol–water partition coefficient (Wildman–Crippen LogP) is 6.52. The maximum atomic E-state index is 13.4. The summed E-state index contributed by atoms with van der Waals surface area (Å²) in [5, 5.41) is 6.83. The fraction of sp³-hybridized carbons (Fsp3) is 0.361. The van der Waals surface area contributed by atoms with Crippen molar-refractivity contribution in [2.24, 2.45) is 5.92 Å². The number of likely N-dealkylation sites (tertiary alicyclic amines) is 1. The van der Waals surface area contributed by atoms with E-state index in [0.29, 0.717) is 24.2 Å². The van der Waals surface area contributed by atoms with Gasteiger partial charge in [-0.25, -0.2) is 4.98 Å². The zero-order chi connectivity index (χ0) is 30.3. The van der Waals surface area contributed by atoms with Gasteiger partial charge in [0.15, 0.2) is 5.13 Å². The van der Waals surface area contributed by atoms with Gasteiger partial charge in [-0.1, -0.05) is 78.9 Å². The third-order valence-corrected chi connectivity index (χ3v) is 9.78. The zero-order valence-corrected chi connectivity index (χ0v) is 26.0. The highest BCUT2D eigenvalue weighted by Gasteiger charge is 2.32. The summed E-state index contributed by atoms with van der Waals surface area (Å²) < 4.78 is 6.18. The van der Waals surface area contributed by atoms with E-state index in [1.807, 2.05) is 67.6 Å². The molecule has 2 N–H and O–H groups in total. The molecule has 0 saturated carbocycles. The molecule has 3 unspecified atom stereocenters. The van der Waals surface area contributed by atoms with Crippen molar-refractivity contribution >= 4 is 28.3 Å². The molecular weight excluding hydrogens is 568 g/mol. The van der Waals surface area contributed by atoms with Crippen molar-refractivity contribution in [1.29, 1.82) is 0 Å². The first-order chi connectivity index (χ1) is 21.5. The summed E-state index contributed by atoms with van der Waals surface area (Å²) in [5.74, 6) is 0.749. The Morgan fingerprint density at radius 1 is 1.00 bits per heavy atom. The summed E-state index contributed by atoms with van der Waals surface area (Å²) in [5.41, 5.74) is 4.14. The van der Waals surface area contributed by atoms with Crippen LogP contribution < -0.4 is 15.4 Å². The second-order valence-corrected chi connectivity index (χ2v) is 13.0. The van der Waals surface area contributed by atoms with E-state index in [0.717, 1.165) is 72.8 Å². The standard InChI is InChI=1S/C36H40N4O3S/c1-25(28-13-6-3-7-14-28)34(41)39-36-38-33-30(16-10-18-32(33)44-36)35(42)37-21-27-19-20-40(22-27)23-29-15-8-9-17-31(29)43-24-26-11-4-2-5-12-26/h2-9,11-15,17,25,27,30H,10,16,18-24H2,1H3,(H,37,42)(H,38,39,41). The molecule has 3 aromatic carbocycles. The number of anilines is 1. The molecule has 8 heteroatoms. The molecular formula is C36H40N4O3S. The topological polar surface area (TPSA) is 83.6 Å². The van der Waals surface area contributed by atoms with Crippen LogP contribution in [0.3, 0.4) is 0 Å². The Kier molecular flexibility index (Phi) is 9.68. The number of hydrogen-bond acceptors (Lipinski definition) is 6. The number of nitrogens with one attached hydrogen (secondary N) is 2.